The van der Waals surface area contributed by atoms with Gasteiger partial charge in [0.1, 0.15) is 24.2 Å². The summed E-state index contributed by atoms with van der Waals surface area (Å²) in [4.78, 5) is 26.1. The number of amides is 1. The predicted molar refractivity (Wildman–Crippen MR) is 64.1 cm³/mol. The van der Waals surface area contributed by atoms with E-state index in [9.17, 15) is 14.0 Å². The third-order valence-electron chi connectivity index (χ3n) is 2.24. The lowest BCUT2D eigenvalue weighted by atomic mass is 10.2. The van der Waals surface area contributed by atoms with E-state index < -0.39 is 17.2 Å². The summed E-state index contributed by atoms with van der Waals surface area (Å²) in [5.74, 6) is -1.14. The van der Waals surface area contributed by atoms with Crippen LogP contribution in [0.3, 0.4) is 0 Å². The van der Waals surface area contributed by atoms with E-state index in [4.69, 9.17) is 10.2 Å². The summed E-state index contributed by atoms with van der Waals surface area (Å²) in [5.41, 5.74) is 4.91. The minimum Gasteiger partial charge on any atom is -0.463 e. The molecule has 1 aromatic carbocycles. The number of fused-ring (bicyclic) bond motifs is 1. The highest BCUT2D eigenvalue weighted by molar-refractivity contribution is 5.87. The van der Waals surface area contributed by atoms with E-state index in [1.165, 1.54) is 24.6 Å². The smallest absolute Gasteiger partial charge is 0.239 e. The van der Waals surface area contributed by atoms with Crippen molar-refractivity contribution in [1.29, 1.82) is 0 Å². The lowest BCUT2D eigenvalue weighted by molar-refractivity contribution is -0.116. The molecular weight excluding hydrogens is 239 g/mol. The van der Waals surface area contributed by atoms with Crippen molar-refractivity contribution in [3.05, 3.63) is 46.1 Å². The molecule has 1 aromatic heterocycles. The zero-order chi connectivity index (χ0) is 13.1. The van der Waals surface area contributed by atoms with Crippen molar-refractivity contribution in [1.82, 2.24) is 0 Å². The highest BCUT2D eigenvalue weighted by atomic mass is 19.1. The predicted octanol–water partition coefficient (Wildman–Crippen LogP) is 0.836. The second kappa shape index (κ2) is 4.79. The minimum atomic E-state index is -0.609. The van der Waals surface area contributed by atoms with Crippen molar-refractivity contribution in [2.75, 3.05) is 6.54 Å². The lowest BCUT2D eigenvalue weighted by Crippen LogP contribution is -2.15. The van der Waals surface area contributed by atoms with Gasteiger partial charge in [-0.05, 0) is 18.2 Å². The van der Waals surface area contributed by atoms with Crippen molar-refractivity contribution in [2.45, 2.75) is 0 Å². The third kappa shape index (κ3) is 2.42. The second-order valence-electron chi connectivity index (χ2n) is 3.60. The van der Waals surface area contributed by atoms with E-state index in [2.05, 4.69) is 4.99 Å². The van der Waals surface area contributed by atoms with Gasteiger partial charge in [-0.1, -0.05) is 0 Å². The fraction of sp³-hybridized carbons (Fsp3) is 0.0833. The number of rotatable bonds is 3. The SMILES string of the molecule is NC(=O)CN=Cc1coc2ccc(F)cc2c1=O. The lowest BCUT2D eigenvalue weighted by Gasteiger charge is -1.98. The second-order valence-corrected chi connectivity index (χ2v) is 3.60. The van der Waals surface area contributed by atoms with Crippen LogP contribution in [0.4, 0.5) is 4.39 Å². The topological polar surface area (TPSA) is 85.7 Å². The van der Waals surface area contributed by atoms with E-state index in [0.717, 1.165) is 6.07 Å². The summed E-state index contributed by atoms with van der Waals surface area (Å²) >= 11 is 0. The van der Waals surface area contributed by atoms with Gasteiger partial charge in [0, 0.05) is 6.21 Å². The van der Waals surface area contributed by atoms with Gasteiger partial charge in [0.2, 0.25) is 11.3 Å². The van der Waals surface area contributed by atoms with E-state index in [1.807, 2.05) is 0 Å². The van der Waals surface area contributed by atoms with Crippen LogP contribution in [0, 0.1) is 5.82 Å². The van der Waals surface area contributed by atoms with Gasteiger partial charge < -0.3 is 10.2 Å². The van der Waals surface area contributed by atoms with Gasteiger partial charge in [0.15, 0.2) is 0 Å². The molecule has 2 N–H and O–H groups in total. The number of carbonyl (C=O) groups excluding carboxylic acids is 1. The molecule has 0 aliphatic carbocycles. The molecule has 18 heavy (non-hydrogen) atoms. The first-order valence-corrected chi connectivity index (χ1v) is 5.07. The molecule has 5 nitrogen and oxygen atoms in total. The Morgan fingerprint density at radius 1 is 1.50 bits per heavy atom. The number of aliphatic imine (C=N–C) groups is 1. The number of hydrogen-bond donors (Lipinski definition) is 1. The maximum Gasteiger partial charge on any atom is 0.239 e. The number of carbonyl (C=O) groups is 1. The van der Waals surface area contributed by atoms with Gasteiger partial charge in [-0.3, -0.25) is 14.6 Å². The molecule has 2 aromatic rings. The highest BCUT2D eigenvalue weighted by Crippen LogP contribution is 2.12. The summed E-state index contributed by atoms with van der Waals surface area (Å²) < 4.78 is 18.2. The van der Waals surface area contributed by atoms with E-state index in [-0.39, 0.29) is 23.1 Å². The van der Waals surface area contributed by atoms with E-state index in [0.29, 0.717) is 0 Å². The maximum atomic E-state index is 13.0. The Labute approximate surface area is 101 Å². The maximum absolute atomic E-state index is 13.0. The van der Waals surface area contributed by atoms with Crippen molar-refractivity contribution in [2.24, 2.45) is 10.7 Å². The molecule has 0 fully saturated rings. The van der Waals surface area contributed by atoms with Crippen LogP contribution in [-0.2, 0) is 4.79 Å². The molecule has 0 spiro atoms. The Bertz CT molecular complexity index is 691. The van der Waals surface area contributed by atoms with Gasteiger partial charge in [0.25, 0.3) is 0 Å². The molecular formula is C12H9FN2O3. The molecule has 0 radical (unpaired) electrons. The Kier molecular flexibility index (Phi) is 3.18. The zero-order valence-corrected chi connectivity index (χ0v) is 9.22. The first kappa shape index (κ1) is 12.0. The van der Waals surface area contributed by atoms with Crippen LogP contribution < -0.4 is 11.2 Å². The van der Waals surface area contributed by atoms with E-state index in [1.54, 1.807) is 0 Å². The Hall–Kier alpha value is -2.50. The molecule has 1 heterocycles. The summed E-state index contributed by atoms with van der Waals surface area (Å²) in [6.45, 7) is -0.222. The zero-order valence-electron chi connectivity index (χ0n) is 9.22. The van der Waals surface area contributed by atoms with Gasteiger partial charge in [-0.2, -0.15) is 0 Å². The fourth-order valence-electron chi connectivity index (χ4n) is 1.44. The molecule has 0 saturated heterocycles. The molecule has 0 bridgehead atoms. The van der Waals surface area contributed by atoms with Crippen molar-refractivity contribution < 1.29 is 13.6 Å². The normalized spacial score (nSPS) is 11.2. The van der Waals surface area contributed by atoms with Crippen molar-refractivity contribution in [3.8, 4) is 0 Å². The average molecular weight is 248 g/mol. The quantitative estimate of drug-likeness (QED) is 0.816. The summed E-state index contributed by atoms with van der Waals surface area (Å²) in [5, 5.41) is 0.123. The van der Waals surface area contributed by atoms with Gasteiger partial charge in [-0.25, -0.2) is 4.39 Å². The van der Waals surface area contributed by atoms with Crippen molar-refractivity contribution in [3.63, 3.8) is 0 Å². The van der Waals surface area contributed by atoms with Crippen molar-refractivity contribution >= 4 is 23.1 Å². The number of nitrogens with two attached hydrogens (primary N) is 1. The van der Waals surface area contributed by atoms with Crippen LogP contribution in [0.15, 0.2) is 38.7 Å². The number of hydrogen-bond acceptors (Lipinski definition) is 4. The first-order valence-electron chi connectivity index (χ1n) is 5.07. The Morgan fingerprint density at radius 3 is 3.00 bits per heavy atom. The molecule has 2 rings (SSSR count). The number of benzene rings is 1. The number of halogens is 1. The molecule has 6 heteroatoms. The van der Waals surface area contributed by atoms with Crippen LogP contribution in [0.2, 0.25) is 0 Å². The van der Waals surface area contributed by atoms with E-state index >= 15 is 0 Å². The largest absolute Gasteiger partial charge is 0.463 e. The first-order chi connectivity index (χ1) is 8.58. The highest BCUT2D eigenvalue weighted by Gasteiger charge is 2.06. The molecule has 0 unspecified atom stereocenters. The summed E-state index contributed by atoms with van der Waals surface area (Å²) in [7, 11) is 0. The average Bonchev–Trinajstić information content (AvgIpc) is 2.32. The fourth-order valence-corrected chi connectivity index (χ4v) is 1.44. The summed E-state index contributed by atoms with van der Waals surface area (Å²) in [6.07, 6.45) is 2.38. The molecule has 0 saturated carbocycles. The van der Waals surface area contributed by atoms with Crippen LogP contribution in [0.1, 0.15) is 5.56 Å². The monoisotopic (exact) mass is 248 g/mol. The molecule has 0 aliphatic rings. The third-order valence-corrected chi connectivity index (χ3v) is 2.24. The van der Waals surface area contributed by atoms with Crippen LogP contribution in [-0.4, -0.2) is 18.7 Å². The standard InChI is InChI=1S/C12H9FN2O3/c13-8-1-2-10-9(3-8)12(17)7(6-18-10)4-15-5-11(14)16/h1-4,6H,5H2,(H2,14,16). The number of primary amides is 1. The number of nitrogens with zero attached hydrogens (tertiary/aromatic N) is 1. The van der Waals surface area contributed by atoms with Crippen LogP contribution >= 0.6 is 0 Å². The molecule has 0 atom stereocenters. The van der Waals surface area contributed by atoms with Gasteiger partial charge in [-0.15, -0.1) is 0 Å². The van der Waals surface area contributed by atoms with Gasteiger partial charge in [0.05, 0.1) is 10.9 Å². The Morgan fingerprint density at radius 2 is 2.28 bits per heavy atom. The Balaban J connectivity index is 2.47. The molecule has 92 valence electrons. The summed E-state index contributed by atoms with van der Waals surface area (Å²) in [6, 6.07) is 3.66. The van der Waals surface area contributed by atoms with Gasteiger partial charge >= 0.3 is 0 Å². The van der Waals surface area contributed by atoms with Crippen LogP contribution in [0.5, 0.6) is 0 Å². The minimum absolute atomic E-state index is 0.123. The van der Waals surface area contributed by atoms with Crippen LogP contribution in [0.25, 0.3) is 11.0 Å². The molecule has 1 amide bonds. The molecule has 0 aliphatic heterocycles.